The van der Waals surface area contributed by atoms with Gasteiger partial charge in [-0.3, -0.25) is 4.79 Å². The molecule has 1 amide bonds. The molecule has 4 nitrogen and oxygen atoms in total. The van der Waals surface area contributed by atoms with Gasteiger partial charge in [0.1, 0.15) is 11.5 Å². The van der Waals surface area contributed by atoms with Crippen molar-refractivity contribution in [1.82, 2.24) is 5.32 Å². The molecule has 1 atom stereocenters. The van der Waals surface area contributed by atoms with E-state index in [1.807, 2.05) is 13.0 Å². The number of fused-ring (bicyclic) bond motifs is 1. The minimum atomic E-state index is -0.117. The van der Waals surface area contributed by atoms with Crippen molar-refractivity contribution in [2.75, 3.05) is 6.61 Å². The summed E-state index contributed by atoms with van der Waals surface area (Å²) in [6.45, 7) is 2.77. The number of carbonyl (C=O) groups excluding carboxylic acids is 1. The number of furan rings is 1. The highest BCUT2D eigenvalue weighted by molar-refractivity contribution is 5.91. The van der Waals surface area contributed by atoms with Crippen LogP contribution in [-0.2, 0) is 17.6 Å². The Morgan fingerprint density at radius 2 is 2.32 bits per heavy atom. The molecule has 4 heteroatoms. The molecule has 2 aromatic rings. The molecule has 3 rings (SSSR count). The first kappa shape index (κ1) is 14.4. The van der Waals surface area contributed by atoms with Gasteiger partial charge in [-0.05, 0) is 48.7 Å². The summed E-state index contributed by atoms with van der Waals surface area (Å²) in [5.74, 6) is 1.54. The van der Waals surface area contributed by atoms with Crippen molar-refractivity contribution < 1.29 is 13.9 Å². The number of rotatable bonds is 5. The van der Waals surface area contributed by atoms with Crippen LogP contribution < -0.4 is 10.1 Å². The Morgan fingerprint density at radius 1 is 1.41 bits per heavy atom. The van der Waals surface area contributed by atoms with Gasteiger partial charge in [-0.25, -0.2) is 0 Å². The first-order chi connectivity index (χ1) is 10.7. The van der Waals surface area contributed by atoms with E-state index in [4.69, 9.17) is 9.15 Å². The van der Waals surface area contributed by atoms with Gasteiger partial charge in [0.05, 0.1) is 12.9 Å². The summed E-state index contributed by atoms with van der Waals surface area (Å²) in [5, 5.41) is 2.96. The average molecular weight is 297 g/mol. The molecule has 0 fully saturated rings. The van der Waals surface area contributed by atoms with Gasteiger partial charge in [-0.1, -0.05) is 12.1 Å². The summed E-state index contributed by atoms with van der Waals surface area (Å²) in [6, 6.07) is 9.91. The molecule has 1 aliphatic rings. The van der Waals surface area contributed by atoms with Gasteiger partial charge < -0.3 is 14.5 Å². The van der Waals surface area contributed by atoms with Gasteiger partial charge in [-0.2, -0.15) is 0 Å². The Morgan fingerprint density at radius 3 is 3.14 bits per heavy atom. The third kappa shape index (κ3) is 3.58. The second kappa shape index (κ2) is 6.52. The fourth-order valence-corrected chi connectivity index (χ4v) is 2.61. The maximum absolute atomic E-state index is 11.9. The van der Waals surface area contributed by atoms with Crippen LogP contribution in [0.1, 0.15) is 23.8 Å². The zero-order valence-electron chi connectivity index (χ0n) is 12.5. The van der Waals surface area contributed by atoms with Gasteiger partial charge in [0.15, 0.2) is 0 Å². The van der Waals surface area contributed by atoms with E-state index in [-0.39, 0.29) is 11.9 Å². The topological polar surface area (TPSA) is 51.5 Å². The summed E-state index contributed by atoms with van der Waals surface area (Å²) in [5.41, 5.74) is 2.47. The molecule has 0 saturated carbocycles. The zero-order valence-corrected chi connectivity index (χ0v) is 12.5. The molecule has 1 aliphatic heterocycles. The van der Waals surface area contributed by atoms with Gasteiger partial charge >= 0.3 is 0 Å². The first-order valence-corrected chi connectivity index (χ1v) is 7.47. The Bertz CT molecular complexity index is 674. The van der Waals surface area contributed by atoms with Gasteiger partial charge in [0.25, 0.3) is 0 Å². The molecule has 0 bridgehead atoms. The molecule has 114 valence electrons. The number of ether oxygens (including phenoxy) is 1. The molecule has 2 heterocycles. The highest BCUT2D eigenvalue weighted by Gasteiger charge is 2.13. The van der Waals surface area contributed by atoms with Crippen LogP contribution in [0, 0.1) is 0 Å². The molecule has 0 spiro atoms. The summed E-state index contributed by atoms with van der Waals surface area (Å²) in [4.78, 5) is 11.9. The van der Waals surface area contributed by atoms with Crippen LogP contribution in [0.3, 0.4) is 0 Å². The van der Waals surface area contributed by atoms with Crippen molar-refractivity contribution in [1.29, 1.82) is 0 Å². The highest BCUT2D eigenvalue weighted by atomic mass is 16.5. The fourth-order valence-electron chi connectivity index (χ4n) is 2.61. The van der Waals surface area contributed by atoms with E-state index in [2.05, 4.69) is 17.4 Å². The number of hydrogen-bond donors (Lipinski definition) is 1. The lowest BCUT2D eigenvalue weighted by atomic mass is 10.0. The number of nitrogens with one attached hydrogen (secondary N) is 1. The average Bonchev–Trinajstić information content (AvgIpc) is 3.15. The van der Waals surface area contributed by atoms with Crippen LogP contribution in [0.2, 0.25) is 0 Å². The lowest BCUT2D eigenvalue weighted by Crippen LogP contribution is -2.32. The summed E-state index contributed by atoms with van der Waals surface area (Å²) < 4.78 is 10.7. The second-order valence-electron chi connectivity index (χ2n) is 5.50. The van der Waals surface area contributed by atoms with Crippen LogP contribution in [0.4, 0.5) is 0 Å². The summed E-state index contributed by atoms with van der Waals surface area (Å²) in [7, 11) is 0. The Hall–Kier alpha value is -2.49. The third-order valence-electron chi connectivity index (χ3n) is 3.63. The molecule has 22 heavy (non-hydrogen) atoms. The number of amides is 1. The maximum Gasteiger partial charge on any atom is 0.244 e. The maximum atomic E-state index is 11.9. The number of hydrogen-bond acceptors (Lipinski definition) is 3. The van der Waals surface area contributed by atoms with E-state index in [1.165, 1.54) is 17.2 Å². The Balaban J connectivity index is 1.53. The summed E-state index contributed by atoms with van der Waals surface area (Å²) in [6.07, 6.45) is 6.50. The van der Waals surface area contributed by atoms with E-state index in [1.54, 1.807) is 24.5 Å². The minimum Gasteiger partial charge on any atom is -0.493 e. The van der Waals surface area contributed by atoms with Crippen LogP contribution in [-0.4, -0.2) is 18.6 Å². The van der Waals surface area contributed by atoms with Crippen molar-refractivity contribution in [2.45, 2.75) is 25.8 Å². The van der Waals surface area contributed by atoms with Crippen molar-refractivity contribution in [3.63, 3.8) is 0 Å². The molecule has 0 unspecified atom stereocenters. The molecule has 0 radical (unpaired) electrons. The lowest BCUT2D eigenvalue weighted by Gasteiger charge is -2.13. The van der Waals surface area contributed by atoms with Gasteiger partial charge in [-0.15, -0.1) is 0 Å². The highest BCUT2D eigenvalue weighted by Crippen LogP contribution is 2.26. The predicted octanol–water partition coefficient (Wildman–Crippen LogP) is 2.98. The predicted molar refractivity (Wildman–Crippen MR) is 84.7 cm³/mol. The van der Waals surface area contributed by atoms with E-state index in [0.29, 0.717) is 5.76 Å². The lowest BCUT2D eigenvalue weighted by molar-refractivity contribution is -0.117. The van der Waals surface area contributed by atoms with Crippen molar-refractivity contribution in [3.8, 4) is 5.75 Å². The molecular weight excluding hydrogens is 278 g/mol. The molecule has 0 saturated heterocycles. The fraction of sp³-hybridized carbons (Fsp3) is 0.278. The third-order valence-corrected chi connectivity index (χ3v) is 3.63. The van der Waals surface area contributed by atoms with Gasteiger partial charge in [0.2, 0.25) is 5.91 Å². The van der Waals surface area contributed by atoms with Crippen LogP contribution >= 0.6 is 0 Å². The Kier molecular flexibility index (Phi) is 4.28. The van der Waals surface area contributed by atoms with Crippen molar-refractivity contribution in [2.24, 2.45) is 0 Å². The molecule has 1 N–H and O–H groups in total. The van der Waals surface area contributed by atoms with Gasteiger partial charge in [0, 0.05) is 18.5 Å². The number of benzene rings is 1. The van der Waals surface area contributed by atoms with Crippen LogP contribution in [0.25, 0.3) is 6.08 Å². The van der Waals surface area contributed by atoms with Crippen molar-refractivity contribution >= 4 is 12.0 Å². The molecule has 0 aliphatic carbocycles. The molecule has 1 aromatic carbocycles. The second-order valence-corrected chi connectivity index (χ2v) is 5.50. The van der Waals surface area contributed by atoms with Crippen molar-refractivity contribution in [3.05, 3.63) is 59.6 Å². The SMILES string of the molecule is C[C@@H](Cc1ccc2c(c1)CCO2)NC(=O)/C=C/c1ccco1. The van der Waals surface area contributed by atoms with Crippen LogP contribution in [0.5, 0.6) is 5.75 Å². The minimum absolute atomic E-state index is 0.0640. The van der Waals surface area contributed by atoms with E-state index >= 15 is 0 Å². The summed E-state index contributed by atoms with van der Waals surface area (Å²) >= 11 is 0. The standard InChI is InChI=1S/C18H19NO3/c1-13(19-18(20)7-5-16-3-2-9-21-16)11-14-4-6-17-15(12-14)8-10-22-17/h2-7,9,12-13H,8,10-11H2,1H3,(H,19,20)/b7-5+/t13-/m0/s1. The normalized spacial score (nSPS) is 14.6. The van der Waals surface area contributed by atoms with E-state index in [0.717, 1.165) is 25.2 Å². The molecular formula is C18H19NO3. The first-order valence-electron chi connectivity index (χ1n) is 7.47. The Labute approximate surface area is 129 Å². The molecule has 1 aromatic heterocycles. The van der Waals surface area contributed by atoms with E-state index in [9.17, 15) is 4.79 Å². The largest absolute Gasteiger partial charge is 0.493 e. The number of carbonyl (C=O) groups is 1. The van der Waals surface area contributed by atoms with Crippen LogP contribution in [0.15, 0.2) is 47.1 Å². The smallest absolute Gasteiger partial charge is 0.244 e. The zero-order chi connectivity index (χ0) is 15.4. The van der Waals surface area contributed by atoms with E-state index < -0.39 is 0 Å². The quantitative estimate of drug-likeness (QED) is 0.863. The monoisotopic (exact) mass is 297 g/mol.